The van der Waals surface area contributed by atoms with Gasteiger partial charge in [-0.15, -0.1) is 13.2 Å². The van der Waals surface area contributed by atoms with Crippen LogP contribution in [0.5, 0.6) is 17.2 Å². The van der Waals surface area contributed by atoms with Crippen molar-refractivity contribution < 1.29 is 27.4 Å². The number of nitrogens with one attached hydrogen (secondary N) is 2. The zero-order valence-corrected chi connectivity index (χ0v) is 20.8. The molecular formula is C25H25F3N4O3S. The maximum absolute atomic E-state index is 12.4. The van der Waals surface area contributed by atoms with E-state index in [0.29, 0.717) is 44.8 Å². The Morgan fingerprint density at radius 2 is 1.31 bits per heavy atom. The van der Waals surface area contributed by atoms with E-state index in [0.717, 1.165) is 0 Å². The molecule has 0 bridgehead atoms. The summed E-state index contributed by atoms with van der Waals surface area (Å²) in [5, 5.41) is 3.23. The molecule has 0 radical (unpaired) electrons. The Morgan fingerprint density at radius 3 is 1.83 bits per heavy atom. The lowest BCUT2D eigenvalue weighted by atomic mass is 10.2. The second-order valence-electron chi connectivity index (χ2n) is 6.86. The van der Waals surface area contributed by atoms with E-state index in [9.17, 15) is 13.2 Å². The van der Waals surface area contributed by atoms with Crippen LogP contribution in [0.4, 0.5) is 30.5 Å². The number of halogens is 3. The Kier molecular flexibility index (Phi) is 9.07. The molecule has 0 fully saturated rings. The average Bonchev–Trinajstić information content (AvgIpc) is 2.88. The Morgan fingerprint density at radius 1 is 0.750 bits per heavy atom. The lowest BCUT2D eigenvalue weighted by Gasteiger charge is -2.14. The van der Waals surface area contributed by atoms with Crippen molar-refractivity contribution in [3.63, 3.8) is 0 Å². The van der Waals surface area contributed by atoms with Gasteiger partial charge in [0.15, 0.2) is 11.6 Å². The smallest absolute Gasteiger partial charge is 0.497 e. The van der Waals surface area contributed by atoms with E-state index in [-0.39, 0.29) is 5.75 Å². The molecule has 0 unspecified atom stereocenters. The average molecular weight is 519 g/mol. The number of benzene rings is 3. The number of hydrogen-bond acceptors (Lipinski definition) is 8. The van der Waals surface area contributed by atoms with Crippen LogP contribution in [-0.4, -0.2) is 30.5 Å². The van der Waals surface area contributed by atoms with Crippen LogP contribution in [0, 0.1) is 0 Å². The lowest BCUT2D eigenvalue weighted by molar-refractivity contribution is -0.274. The second kappa shape index (κ2) is 12.2. The van der Waals surface area contributed by atoms with Crippen LogP contribution < -0.4 is 24.2 Å². The predicted molar refractivity (Wildman–Crippen MR) is 136 cm³/mol. The lowest BCUT2D eigenvalue weighted by Crippen LogP contribution is -2.16. The summed E-state index contributed by atoms with van der Waals surface area (Å²) in [5.41, 5.74) is 2.03. The summed E-state index contributed by atoms with van der Waals surface area (Å²) < 4.78 is 54.8. The molecule has 36 heavy (non-hydrogen) atoms. The minimum atomic E-state index is -4.74. The summed E-state index contributed by atoms with van der Waals surface area (Å²) in [4.78, 5) is 9.97. The summed E-state index contributed by atoms with van der Waals surface area (Å²) in [6.07, 6.45) is -4.74. The van der Waals surface area contributed by atoms with Crippen molar-refractivity contribution >= 4 is 40.3 Å². The highest BCUT2D eigenvalue weighted by molar-refractivity contribution is 8.00. The molecule has 0 spiro atoms. The molecule has 3 aromatic carbocycles. The summed E-state index contributed by atoms with van der Waals surface area (Å²) in [6.45, 7) is 4.00. The number of para-hydroxylation sites is 2. The van der Waals surface area contributed by atoms with Crippen LogP contribution in [0.3, 0.4) is 0 Å². The van der Waals surface area contributed by atoms with Crippen LogP contribution in [0.25, 0.3) is 11.0 Å². The molecule has 0 aliphatic carbocycles. The predicted octanol–water partition coefficient (Wildman–Crippen LogP) is 7.43. The zero-order chi connectivity index (χ0) is 26.1. The molecule has 190 valence electrons. The molecule has 0 aliphatic rings. The third kappa shape index (κ3) is 7.32. The van der Waals surface area contributed by atoms with Crippen molar-refractivity contribution in [2.45, 2.75) is 25.1 Å². The molecule has 0 saturated carbocycles. The number of hydrogen-bond donors (Lipinski definition) is 2. The van der Waals surface area contributed by atoms with Crippen LogP contribution in [0.15, 0.2) is 71.6 Å². The first kappa shape index (κ1) is 26.7. The van der Waals surface area contributed by atoms with E-state index in [1.165, 1.54) is 36.2 Å². The molecule has 4 aromatic rings. The standard InChI is InChI=1S/C23H19F3N4O3S.C2H6/c1-31-16-11-14(12-17(13-16)32-2)27-21-22(29-20-6-4-3-5-19(20)28-21)30-34-18-9-7-15(8-10-18)33-23(24,25)26;1-2/h3-13H,1-2H3,(H,27,28)(H,29,30);1-2H3. The van der Waals surface area contributed by atoms with Gasteiger partial charge in [0, 0.05) is 28.8 Å². The van der Waals surface area contributed by atoms with Gasteiger partial charge in [0.1, 0.15) is 17.2 Å². The number of rotatable bonds is 8. The minimum Gasteiger partial charge on any atom is -0.497 e. The van der Waals surface area contributed by atoms with E-state index in [2.05, 4.69) is 24.7 Å². The van der Waals surface area contributed by atoms with Gasteiger partial charge < -0.3 is 24.2 Å². The third-order valence-electron chi connectivity index (χ3n) is 4.51. The number of fused-ring (bicyclic) bond motifs is 1. The largest absolute Gasteiger partial charge is 0.573 e. The maximum Gasteiger partial charge on any atom is 0.573 e. The van der Waals surface area contributed by atoms with Gasteiger partial charge in [-0.25, -0.2) is 9.97 Å². The van der Waals surface area contributed by atoms with Gasteiger partial charge in [0.2, 0.25) is 0 Å². The van der Waals surface area contributed by atoms with Crippen LogP contribution in [-0.2, 0) is 0 Å². The van der Waals surface area contributed by atoms with Crippen molar-refractivity contribution in [3.05, 3.63) is 66.7 Å². The van der Waals surface area contributed by atoms with E-state index in [1.807, 2.05) is 38.1 Å². The summed E-state index contributed by atoms with van der Waals surface area (Å²) in [6, 6.07) is 18.2. The number of aromatic nitrogens is 2. The first-order valence-electron chi connectivity index (χ1n) is 10.9. The molecule has 1 heterocycles. The van der Waals surface area contributed by atoms with Crippen molar-refractivity contribution in [2.24, 2.45) is 0 Å². The molecule has 7 nitrogen and oxygen atoms in total. The van der Waals surface area contributed by atoms with Gasteiger partial charge in [-0.05, 0) is 48.3 Å². The normalized spacial score (nSPS) is 10.8. The van der Waals surface area contributed by atoms with Crippen molar-refractivity contribution in [2.75, 3.05) is 24.3 Å². The van der Waals surface area contributed by atoms with Crippen molar-refractivity contribution in [1.82, 2.24) is 9.97 Å². The fourth-order valence-corrected chi connectivity index (χ4v) is 3.62. The molecule has 11 heteroatoms. The van der Waals surface area contributed by atoms with Crippen molar-refractivity contribution in [1.29, 1.82) is 0 Å². The number of nitrogens with zero attached hydrogens (tertiary/aromatic N) is 2. The van der Waals surface area contributed by atoms with Crippen molar-refractivity contribution in [3.8, 4) is 17.2 Å². The van der Waals surface area contributed by atoms with Gasteiger partial charge in [-0.1, -0.05) is 26.0 Å². The van der Waals surface area contributed by atoms with Gasteiger partial charge >= 0.3 is 6.36 Å². The van der Waals surface area contributed by atoms with Crippen LogP contribution in [0.1, 0.15) is 13.8 Å². The highest BCUT2D eigenvalue weighted by Crippen LogP contribution is 2.33. The fraction of sp³-hybridized carbons (Fsp3) is 0.200. The van der Waals surface area contributed by atoms with Gasteiger partial charge in [-0.3, -0.25) is 0 Å². The molecule has 0 atom stereocenters. The maximum atomic E-state index is 12.4. The van der Waals surface area contributed by atoms with Gasteiger partial charge in [0.25, 0.3) is 0 Å². The highest BCUT2D eigenvalue weighted by atomic mass is 32.2. The molecule has 0 saturated heterocycles. The first-order chi connectivity index (χ1) is 17.3. The Hall–Kier alpha value is -3.86. The molecule has 1 aromatic heterocycles. The third-order valence-corrected chi connectivity index (χ3v) is 5.31. The number of methoxy groups -OCH3 is 2. The Balaban J connectivity index is 0.00000176. The van der Waals surface area contributed by atoms with Gasteiger partial charge in [-0.2, -0.15) is 0 Å². The van der Waals surface area contributed by atoms with Gasteiger partial charge in [0.05, 0.1) is 25.3 Å². The number of alkyl halides is 3. The van der Waals surface area contributed by atoms with Crippen LogP contribution >= 0.6 is 11.9 Å². The van der Waals surface area contributed by atoms with E-state index < -0.39 is 6.36 Å². The van der Waals surface area contributed by atoms with E-state index in [1.54, 1.807) is 32.4 Å². The Bertz CT molecular complexity index is 1270. The molecule has 0 amide bonds. The quantitative estimate of drug-likeness (QED) is 0.233. The second-order valence-corrected chi connectivity index (χ2v) is 7.74. The Labute approximate surface area is 211 Å². The van der Waals surface area contributed by atoms with Crippen LogP contribution in [0.2, 0.25) is 0 Å². The summed E-state index contributed by atoms with van der Waals surface area (Å²) >= 11 is 1.17. The first-order valence-corrected chi connectivity index (χ1v) is 11.7. The number of anilines is 3. The SMILES string of the molecule is CC.COc1cc(Nc2nc3ccccc3nc2NSc2ccc(OC(F)(F)F)cc2)cc(OC)c1. The fourth-order valence-electron chi connectivity index (χ4n) is 2.99. The molecule has 4 rings (SSSR count). The van der Waals surface area contributed by atoms with E-state index in [4.69, 9.17) is 9.47 Å². The minimum absolute atomic E-state index is 0.295. The summed E-state index contributed by atoms with van der Waals surface area (Å²) in [5.74, 6) is 1.78. The van der Waals surface area contributed by atoms with E-state index >= 15 is 0 Å². The highest BCUT2D eigenvalue weighted by Gasteiger charge is 2.30. The monoisotopic (exact) mass is 518 g/mol. The molecule has 0 aliphatic heterocycles. The molecular weight excluding hydrogens is 493 g/mol. The molecule has 2 N–H and O–H groups in total. The topological polar surface area (TPSA) is 77.5 Å². The number of ether oxygens (including phenoxy) is 3. The summed E-state index contributed by atoms with van der Waals surface area (Å²) in [7, 11) is 3.12. The zero-order valence-electron chi connectivity index (χ0n) is 20.0.